The van der Waals surface area contributed by atoms with Crippen LogP contribution in [0.1, 0.15) is 0 Å². The van der Waals surface area contributed by atoms with Crippen LogP contribution in [0, 0.1) is 0 Å². The molecule has 10 heteroatoms. The van der Waals surface area contributed by atoms with Gasteiger partial charge in [0.2, 0.25) is 0 Å². The Morgan fingerprint density at radius 2 is 1.38 bits per heavy atom. The van der Waals surface area contributed by atoms with E-state index in [9.17, 15) is 20.7 Å². The number of benzene rings is 2. The molecule has 0 aliphatic heterocycles. The van der Waals surface area contributed by atoms with Gasteiger partial charge in [0.25, 0.3) is 10.0 Å². The molecule has 2 rings (SSSR count). The molecule has 2 aromatic carbocycles. The molecule has 0 amide bonds. The van der Waals surface area contributed by atoms with Crippen molar-refractivity contribution in [3.05, 3.63) is 48.5 Å². The van der Waals surface area contributed by atoms with Crippen molar-refractivity contribution < 1.29 is 29.6 Å². The predicted molar refractivity (Wildman–Crippen MR) is 85.7 cm³/mol. The summed E-state index contributed by atoms with van der Waals surface area (Å²) in [4.78, 5) is 0.0532. The Hall–Kier alpha value is -2.33. The van der Waals surface area contributed by atoms with Crippen LogP contribution in [0.4, 0.5) is 9.57 Å². The molecule has 0 saturated heterocycles. The van der Waals surface area contributed by atoms with Crippen molar-refractivity contribution in [1.29, 1.82) is 0 Å². The van der Waals surface area contributed by atoms with Gasteiger partial charge in [-0.2, -0.15) is 8.42 Å². The van der Waals surface area contributed by atoms with Crippen LogP contribution in [-0.4, -0.2) is 31.0 Å². The van der Waals surface area contributed by atoms with Crippen molar-refractivity contribution in [1.82, 2.24) is 0 Å². The molecular formula is C14H14FNO6S2. The Labute approximate surface area is 139 Å². The summed E-state index contributed by atoms with van der Waals surface area (Å²) < 4.78 is 68.4. The lowest BCUT2D eigenvalue weighted by Crippen LogP contribution is -2.26. The zero-order valence-electron chi connectivity index (χ0n) is 12.7. The minimum Gasteiger partial charge on any atom is -0.497 e. The van der Waals surface area contributed by atoms with Gasteiger partial charge in [-0.05, 0) is 48.5 Å². The zero-order chi connectivity index (χ0) is 18.0. The molecule has 0 aromatic heterocycles. The van der Waals surface area contributed by atoms with Gasteiger partial charge in [0.1, 0.15) is 11.5 Å². The number of anilines is 1. The molecule has 0 unspecified atom stereocenters. The molecule has 130 valence electrons. The molecule has 0 heterocycles. The highest BCUT2D eigenvalue weighted by Gasteiger charge is 2.21. The van der Waals surface area contributed by atoms with E-state index in [1.807, 2.05) is 0 Å². The first-order valence-corrected chi connectivity index (χ1v) is 9.25. The van der Waals surface area contributed by atoms with E-state index >= 15 is 0 Å². The van der Waals surface area contributed by atoms with E-state index in [-0.39, 0.29) is 16.3 Å². The van der Waals surface area contributed by atoms with Gasteiger partial charge in [-0.1, -0.05) is 3.89 Å². The third kappa shape index (κ3) is 4.15. The maximum atomic E-state index is 12.5. The second kappa shape index (κ2) is 6.65. The lowest BCUT2D eigenvalue weighted by Gasteiger charge is -2.19. The molecule has 0 radical (unpaired) electrons. The van der Waals surface area contributed by atoms with E-state index in [1.165, 1.54) is 50.6 Å². The van der Waals surface area contributed by atoms with E-state index in [2.05, 4.69) is 4.18 Å². The first-order valence-electron chi connectivity index (χ1n) is 6.50. The average Bonchev–Trinajstić information content (AvgIpc) is 2.53. The monoisotopic (exact) mass is 375 g/mol. The van der Waals surface area contributed by atoms with E-state index < -0.39 is 20.5 Å². The summed E-state index contributed by atoms with van der Waals surface area (Å²) in [7, 11) is -6.15. The highest BCUT2D eigenvalue weighted by Crippen LogP contribution is 2.26. The van der Waals surface area contributed by atoms with E-state index in [0.29, 0.717) is 5.75 Å². The Kier molecular flexibility index (Phi) is 4.99. The molecule has 0 saturated carbocycles. The van der Waals surface area contributed by atoms with Crippen LogP contribution in [0.15, 0.2) is 53.4 Å². The molecule has 0 bridgehead atoms. The highest BCUT2D eigenvalue weighted by atomic mass is 32.3. The Balaban J connectivity index is 2.27. The molecule has 0 aliphatic rings. The molecule has 0 fully saturated rings. The van der Waals surface area contributed by atoms with Crippen molar-refractivity contribution in [2.24, 2.45) is 0 Å². The number of hydrogen-bond acceptors (Lipinski definition) is 6. The topological polar surface area (TPSA) is 90.0 Å². The van der Waals surface area contributed by atoms with Crippen LogP contribution in [0.3, 0.4) is 0 Å². The van der Waals surface area contributed by atoms with E-state index in [4.69, 9.17) is 4.74 Å². The summed E-state index contributed by atoms with van der Waals surface area (Å²) in [5.41, 5.74) is 0.245. The quantitative estimate of drug-likeness (QED) is 0.719. The Bertz CT molecular complexity index is 909. The summed E-state index contributed by atoms with van der Waals surface area (Å²) in [6.45, 7) is 0. The summed E-state index contributed by atoms with van der Waals surface area (Å²) in [6.07, 6.45) is 0. The minimum atomic E-state index is -5.13. The fourth-order valence-electron chi connectivity index (χ4n) is 1.87. The van der Waals surface area contributed by atoms with Crippen LogP contribution < -0.4 is 13.2 Å². The minimum absolute atomic E-state index is 0.0532. The fraction of sp³-hybridized carbons (Fsp3) is 0.143. The lowest BCUT2D eigenvalue weighted by atomic mass is 10.3. The van der Waals surface area contributed by atoms with Crippen LogP contribution in [0.2, 0.25) is 0 Å². The summed E-state index contributed by atoms with van der Waals surface area (Å²) >= 11 is 0. The number of halogens is 1. The summed E-state index contributed by atoms with van der Waals surface area (Å²) in [5, 5.41) is 0. The van der Waals surface area contributed by atoms with Crippen molar-refractivity contribution in [3.8, 4) is 11.5 Å². The molecule has 0 aliphatic carbocycles. The number of methoxy groups -OCH3 is 1. The fourth-order valence-corrected chi connectivity index (χ4v) is 3.41. The lowest BCUT2D eigenvalue weighted by molar-refractivity contribution is 0.414. The van der Waals surface area contributed by atoms with Crippen LogP contribution in [0.5, 0.6) is 11.5 Å². The van der Waals surface area contributed by atoms with Crippen LogP contribution >= 0.6 is 0 Å². The number of sulfonamides is 1. The van der Waals surface area contributed by atoms with Gasteiger partial charge in [-0.25, -0.2) is 8.42 Å². The van der Waals surface area contributed by atoms with Crippen LogP contribution in [-0.2, 0) is 20.5 Å². The maximum Gasteiger partial charge on any atom is 0.488 e. The van der Waals surface area contributed by atoms with E-state index in [1.54, 1.807) is 0 Å². The standard InChI is InChI=1S/C14H14FNO6S2/c1-16(11-3-5-13(6-4-11)22-24(15,19)20)23(17,18)14-9-7-12(21-2)8-10-14/h3-10H,1-2H3. The third-order valence-corrected chi connectivity index (χ3v) is 5.31. The first kappa shape index (κ1) is 18.0. The number of ether oxygens (including phenoxy) is 1. The van der Waals surface area contributed by atoms with E-state index in [0.717, 1.165) is 16.4 Å². The van der Waals surface area contributed by atoms with Crippen LogP contribution in [0.25, 0.3) is 0 Å². The van der Waals surface area contributed by atoms with Crippen molar-refractivity contribution in [2.45, 2.75) is 4.90 Å². The smallest absolute Gasteiger partial charge is 0.488 e. The first-order chi connectivity index (χ1) is 11.1. The molecular weight excluding hydrogens is 361 g/mol. The highest BCUT2D eigenvalue weighted by molar-refractivity contribution is 7.92. The number of nitrogens with zero attached hydrogens (tertiary/aromatic N) is 1. The molecule has 0 spiro atoms. The maximum absolute atomic E-state index is 12.5. The largest absolute Gasteiger partial charge is 0.497 e. The second-order valence-electron chi connectivity index (χ2n) is 4.62. The second-order valence-corrected chi connectivity index (χ2v) is 7.54. The molecule has 2 aromatic rings. The van der Waals surface area contributed by atoms with Crippen molar-refractivity contribution in [3.63, 3.8) is 0 Å². The van der Waals surface area contributed by atoms with Gasteiger partial charge < -0.3 is 8.92 Å². The van der Waals surface area contributed by atoms with Gasteiger partial charge in [0, 0.05) is 7.05 Å². The molecule has 24 heavy (non-hydrogen) atoms. The third-order valence-electron chi connectivity index (χ3n) is 3.11. The van der Waals surface area contributed by atoms with Gasteiger partial charge in [0.15, 0.2) is 0 Å². The predicted octanol–water partition coefficient (Wildman–Crippen LogP) is 2.11. The van der Waals surface area contributed by atoms with Gasteiger partial charge in [-0.15, -0.1) is 0 Å². The zero-order valence-corrected chi connectivity index (χ0v) is 14.3. The average molecular weight is 375 g/mol. The molecule has 0 N–H and O–H groups in total. The summed E-state index contributed by atoms with van der Waals surface area (Å²) in [5.74, 6) is 0.252. The Morgan fingerprint density at radius 3 is 1.83 bits per heavy atom. The van der Waals surface area contributed by atoms with Gasteiger partial charge >= 0.3 is 10.5 Å². The van der Waals surface area contributed by atoms with Crippen molar-refractivity contribution in [2.75, 3.05) is 18.5 Å². The number of hydrogen-bond donors (Lipinski definition) is 0. The normalized spacial score (nSPS) is 11.8. The van der Waals surface area contributed by atoms with Gasteiger partial charge in [0.05, 0.1) is 17.7 Å². The summed E-state index contributed by atoms with van der Waals surface area (Å²) in [6, 6.07) is 10.7. The number of rotatable bonds is 6. The Morgan fingerprint density at radius 1 is 0.875 bits per heavy atom. The molecule has 7 nitrogen and oxygen atoms in total. The SMILES string of the molecule is COc1ccc(S(=O)(=O)N(C)c2ccc(OS(=O)(=O)F)cc2)cc1. The van der Waals surface area contributed by atoms with Crippen molar-refractivity contribution >= 4 is 26.2 Å². The molecule has 0 atom stereocenters. The van der Waals surface area contributed by atoms with Gasteiger partial charge in [-0.3, -0.25) is 4.31 Å².